The second-order valence-corrected chi connectivity index (χ2v) is 5.91. The van der Waals surface area contributed by atoms with Gasteiger partial charge in [0.2, 0.25) is 0 Å². The summed E-state index contributed by atoms with van der Waals surface area (Å²) in [6.45, 7) is 7.17. The number of nitrogens with zero attached hydrogens (tertiary/aromatic N) is 3. The molecule has 0 N–H and O–H groups in total. The minimum absolute atomic E-state index is 0.0908. The van der Waals surface area contributed by atoms with Crippen molar-refractivity contribution in [3.05, 3.63) is 34.3 Å². The van der Waals surface area contributed by atoms with Crippen molar-refractivity contribution in [3.63, 3.8) is 0 Å². The summed E-state index contributed by atoms with van der Waals surface area (Å²) in [6, 6.07) is 11.0. The number of halogens is 1. The molecule has 1 aromatic carbocycles. The van der Waals surface area contributed by atoms with Gasteiger partial charge in [-0.05, 0) is 24.1 Å². The molecule has 1 aliphatic heterocycles. The predicted molar refractivity (Wildman–Crippen MR) is 80.7 cm³/mol. The van der Waals surface area contributed by atoms with E-state index in [-0.39, 0.29) is 6.04 Å². The van der Waals surface area contributed by atoms with Gasteiger partial charge >= 0.3 is 0 Å². The Labute approximate surface area is 123 Å². The Balaban J connectivity index is 1.85. The van der Waals surface area contributed by atoms with Crippen LogP contribution in [0.4, 0.5) is 0 Å². The molecule has 0 saturated carbocycles. The normalized spacial score (nSPS) is 19.0. The van der Waals surface area contributed by atoms with Crippen molar-refractivity contribution in [1.29, 1.82) is 5.26 Å². The molecule has 0 spiro atoms. The van der Waals surface area contributed by atoms with Crippen LogP contribution in [0.1, 0.15) is 18.9 Å². The lowest BCUT2D eigenvalue weighted by Crippen LogP contribution is -2.49. The van der Waals surface area contributed by atoms with Crippen molar-refractivity contribution in [2.45, 2.75) is 25.9 Å². The van der Waals surface area contributed by atoms with Gasteiger partial charge in [-0.1, -0.05) is 35.0 Å². The molecule has 1 saturated heterocycles. The Morgan fingerprint density at radius 1 is 1.32 bits per heavy atom. The number of hydrogen-bond donors (Lipinski definition) is 0. The maximum atomic E-state index is 9.10. The summed E-state index contributed by atoms with van der Waals surface area (Å²) in [7, 11) is 0. The number of rotatable bonds is 4. The van der Waals surface area contributed by atoms with Gasteiger partial charge in [0, 0.05) is 37.2 Å². The van der Waals surface area contributed by atoms with E-state index < -0.39 is 0 Å². The van der Waals surface area contributed by atoms with Crippen molar-refractivity contribution in [1.82, 2.24) is 9.80 Å². The van der Waals surface area contributed by atoms with Gasteiger partial charge in [0.05, 0.1) is 12.1 Å². The van der Waals surface area contributed by atoms with Gasteiger partial charge in [-0.3, -0.25) is 9.80 Å². The molecular formula is C15H20BrN3. The van der Waals surface area contributed by atoms with E-state index in [2.05, 4.69) is 63.0 Å². The zero-order chi connectivity index (χ0) is 13.7. The predicted octanol–water partition coefficient (Wildman–Crippen LogP) is 2.87. The maximum absolute atomic E-state index is 9.10. The monoisotopic (exact) mass is 321 g/mol. The van der Waals surface area contributed by atoms with Gasteiger partial charge in [0.15, 0.2) is 0 Å². The Morgan fingerprint density at radius 2 is 2.05 bits per heavy atom. The first-order valence-electron chi connectivity index (χ1n) is 6.83. The Hall–Kier alpha value is -0.890. The van der Waals surface area contributed by atoms with Crippen LogP contribution in [0.3, 0.4) is 0 Å². The van der Waals surface area contributed by atoms with Crippen LogP contribution in [-0.4, -0.2) is 42.0 Å². The van der Waals surface area contributed by atoms with Crippen LogP contribution < -0.4 is 0 Å². The number of benzene rings is 1. The highest BCUT2D eigenvalue weighted by atomic mass is 79.9. The van der Waals surface area contributed by atoms with Crippen molar-refractivity contribution >= 4 is 15.9 Å². The van der Waals surface area contributed by atoms with Crippen LogP contribution in [0.25, 0.3) is 0 Å². The molecule has 0 aliphatic carbocycles. The first kappa shape index (κ1) is 14.5. The zero-order valence-corrected chi connectivity index (χ0v) is 12.9. The molecule has 1 heterocycles. The first-order chi connectivity index (χ1) is 9.22. The van der Waals surface area contributed by atoms with Gasteiger partial charge in [-0.25, -0.2) is 0 Å². The van der Waals surface area contributed by atoms with Crippen LogP contribution in [0.5, 0.6) is 0 Å². The van der Waals surface area contributed by atoms with Gasteiger partial charge in [0.25, 0.3) is 0 Å². The van der Waals surface area contributed by atoms with Crippen LogP contribution in [0.15, 0.2) is 28.7 Å². The lowest BCUT2D eigenvalue weighted by Gasteiger charge is -2.36. The molecule has 1 fully saturated rings. The summed E-state index contributed by atoms with van der Waals surface area (Å²) in [6.07, 6.45) is 0.919. The van der Waals surface area contributed by atoms with Gasteiger partial charge in [-0.2, -0.15) is 5.26 Å². The van der Waals surface area contributed by atoms with Crippen LogP contribution >= 0.6 is 15.9 Å². The molecule has 1 atom stereocenters. The van der Waals surface area contributed by atoms with E-state index in [1.54, 1.807) is 0 Å². The van der Waals surface area contributed by atoms with Crippen molar-refractivity contribution in [2.24, 2.45) is 0 Å². The summed E-state index contributed by atoms with van der Waals surface area (Å²) in [5, 5.41) is 9.10. The molecule has 102 valence electrons. The van der Waals surface area contributed by atoms with Crippen LogP contribution in [0, 0.1) is 11.3 Å². The van der Waals surface area contributed by atoms with Gasteiger partial charge in [0.1, 0.15) is 0 Å². The topological polar surface area (TPSA) is 30.3 Å². The van der Waals surface area contributed by atoms with E-state index in [1.807, 2.05) is 0 Å². The summed E-state index contributed by atoms with van der Waals surface area (Å²) < 4.78 is 1.14. The van der Waals surface area contributed by atoms with Gasteiger partial charge < -0.3 is 0 Å². The molecule has 0 bridgehead atoms. The number of piperazine rings is 1. The molecule has 0 radical (unpaired) electrons. The number of hydrogen-bond acceptors (Lipinski definition) is 3. The maximum Gasteiger partial charge on any atom is 0.0976 e. The molecular weight excluding hydrogens is 302 g/mol. The Bertz CT molecular complexity index is 447. The first-order valence-corrected chi connectivity index (χ1v) is 7.62. The molecule has 0 amide bonds. The largest absolute Gasteiger partial charge is 0.297 e. The molecule has 0 aromatic heterocycles. The van der Waals surface area contributed by atoms with E-state index in [1.165, 1.54) is 5.56 Å². The molecule has 1 aliphatic rings. The highest BCUT2D eigenvalue weighted by molar-refractivity contribution is 9.10. The Kier molecular flexibility index (Phi) is 5.38. The lowest BCUT2D eigenvalue weighted by molar-refractivity contribution is 0.108. The minimum Gasteiger partial charge on any atom is -0.297 e. The van der Waals surface area contributed by atoms with Crippen LogP contribution in [0.2, 0.25) is 0 Å². The lowest BCUT2D eigenvalue weighted by atomic mass is 10.1. The van der Waals surface area contributed by atoms with Crippen molar-refractivity contribution in [3.8, 4) is 6.07 Å². The average Bonchev–Trinajstić information content (AvgIpc) is 2.42. The summed E-state index contributed by atoms with van der Waals surface area (Å²) in [5.41, 5.74) is 1.34. The minimum atomic E-state index is 0.0908. The third-order valence-corrected chi connectivity index (χ3v) is 4.17. The average molecular weight is 322 g/mol. The van der Waals surface area contributed by atoms with E-state index in [0.29, 0.717) is 0 Å². The van der Waals surface area contributed by atoms with E-state index in [9.17, 15) is 0 Å². The summed E-state index contributed by atoms with van der Waals surface area (Å²) in [5.74, 6) is 0. The van der Waals surface area contributed by atoms with E-state index in [0.717, 1.165) is 43.6 Å². The highest BCUT2D eigenvalue weighted by Gasteiger charge is 2.22. The van der Waals surface area contributed by atoms with Crippen molar-refractivity contribution < 1.29 is 0 Å². The van der Waals surface area contributed by atoms with E-state index >= 15 is 0 Å². The quantitative estimate of drug-likeness (QED) is 0.854. The molecule has 4 heteroatoms. The third-order valence-electron chi connectivity index (χ3n) is 3.68. The summed E-state index contributed by atoms with van der Waals surface area (Å²) in [4.78, 5) is 4.76. The zero-order valence-electron chi connectivity index (χ0n) is 11.3. The number of nitriles is 1. The summed E-state index contributed by atoms with van der Waals surface area (Å²) >= 11 is 3.51. The molecule has 1 aromatic rings. The fourth-order valence-electron chi connectivity index (χ4n) is 2.56. The smallest absolute Gasteiger partial charge is 0.0976 e. The molecule has 2 rings (SSSR count). The van der Waals surface area contributed by atoms with Gasteiger partial charge in [-0.15, -0.1) is 0 Å². The second kappa shape index (κ2) is 7.04. The van der Waals surface area contributed by atoms with E-state index in [4.69, 9.17) is 5.26 Å². The SMILES string of the molecule is CCC(C#N)N1CCN(Cc2cccc(Br)c2)CC1. The molecule has 3 nitrogen and oxygen atoms in total. The fraction of sp³-hybridized carbons (Fsp3) is 0.533. The highest BCUT2D eigenvalue weighted by Crippen LogP contribution is 2.15. The molecule has 1 unspecified atom stereocenters. The van der Waals surface area contributed by atoms with Crippen molar-refractivity contribution in [2.75, 3.05) is 26.2 Å². The standard InChI is InChI=1S/C15H20BrN3/c1-2-15(11-17)19-8-6-18(7-9-19)12-13-4-3-5-14(16)10-13/h3-5,10,15H,2,6-9,12H2,1H3. The second-order valence-electron chi connectivity index (χ2n) is 5.00. The fourth-order valence-corrected chi connectivity index (χ4v) is 3.00. The Morgan fingerprint density at radius 3 is 2.63 bits per heavy atom. The molecule has 19 heavy (non-hydrogen) atoms. The van der Waals surface area contributed by atoms with Crippen LogP contribution in [-0.2, 0) is 6.54 Å². The third kappa shape index (κ3) is 4.04.